The van der Waals surface area contributed by atoms with Crippen molar-refractivity contribution in [3.05, 3.63) is 34.7 Å². The van der Waals surface area contributed by atoms with Gasteiger partial charge in [-0.25, -0.2) is 0 Å². The van der Waals surface area contributed by atoms with Crippen LogP contribution in [0.3, 0.4) is 0 Å². The molecule has 7 heteroatoms. The lowest BCUT2D eigenvalue weighted by Gasteiger charge is -2.13. The van der Waals surface area contributed by atoms with E-state index in [0.29, 0.717) is 22.9 Å². The number of carbonyl (C=O) groups is 1. The van der Waals surface area contributed by atoms with Crippen LogP contribution in [-0.4, -0.2) is 29.1 Å². The van der Waals surface area contributed by atoms with E-state index in [9.17, 15) is 4.79 Å². The zero-order chi connectivity index (χ0) is 13.0. The smallest absolute Gasteiger partial charge is 0.265 e. The summed E-state index contributed by atoms with van der Waals surface area (Å²) in [6, 6.07) is 3.58. The normalized spacial score (nSPS) is 12.3. The van der Waals surface area contributed by atoms with Gasteiger partial charge in [-0.1, -0.05) is 4.49 Å². The topological polar surface area (TPSA) is 77.2 Å². The average molecular weight is 267 g/mol. The van der Waals surface area contributed by atoms with Crippen molar-refractivity contribution in [2.75, 3.05) is 13.7 Å². The molecule has 0 aliphatic heterocycles. The van der Waals surface area contributed by atoms with Crippen molar-refractivity contribution in [3.8, 4) is 0 Å². The van der Waals surface area contributed by atoms with Crippen LogP contribution in [0.5, 0.6) is 0 Å². The molecule has 0 saturated carbocycles. The van der Waals surface area contributed by atoms with Crippen molar-refractivity contribution < 1.29 is 13.9 Å². The highest BCUT2D eigenvalue weighted by molar-refractivity contribution is 7.07. The number of methoxy groups -OCH3 is 1. The molecule has 0 unspecified atom stereocenters. The number of nitrogens with zero attached hydrogens (tertiary/aromatic N) is 2. The highest BCUT2D eigenvalue weighted by Crippen LogP contribution is 2.16. The standard InChI is InChI=1S/C11H13N3O3S/c1-7-10(18-14-13-7)11(15)12-6-9(16-2)8-4-3-5-17-8/h3-5,9H,6H2,1-2H3,(H,12,15)/t9-/m1/s1. The highest BCUT2D eigenvalue weighted by Gasteiger charge is 2.17. The van der Waals surface area contributed by atoms with Gasteiger partial charge in [0.25, 0.3) is 5.91 Å². The Hall–Kier alpha value is -1.73. The van der Waals surface area contributed by atoms with Crippen LogP contribution >= 0.6 is 11.5 Å². The first kappa shape index (κ1) is 12.7. The van der Waals surface area contributed by atoms with Gasteiger partial charge in [0, 0.05) is 7.11 Å². The third-order valence-electron chi connectivity index (χ3n) is 2.45. The molecule has 0 aliphatic carbocycles. The largest absolute Gasteiger partial charge is 0.467 e. The second-order valence-corrected chi connectivity index (χ2v) is 4.39. The van der Waals surface area contributed by atoms with Crippen LogP contribution in [0.1, 0.15) is 27.2 Å². The Kier molecular flexibility index (Phi) is 4.06. The van der Waals surface area contributed by atoms with E-state index in [2.05, 4.69) is 14.9 Å². The lowest BCUT2D eigenvalue weighted by Crippen LogP contribution is -2.28. The number of hydrogen-bond donors (Lipinski definition) is 1. The predicted molar refractivity (Wildman–Crippen MR) is 65.4 cm³/mol. The maximum atomic E-state index is 11.8. The van der Waals surface area contributed by atoms with Gasteiger partial charge in [0.15, 0.2) is 0 Å². The first-order valence-corrected chi connectivity index (χ1v) is 6.13. The Bertz CT molecular complexity index is 509. The summed E-state index contributed by atoms with van der Waals surface area (Å²) in [5.41, 5.74) is 0.629. The van der Waals surface area contributed by atoms with E-state index in [1.807, 2.05) is 0 Å². The number of rotatable bonds is 5. The molecule has 1 atom stereocenters. The van der Waals surface area contributed by atoms with E-state index in [-0.39, 0.29) is 12.0 Å². The van der Waals surface area contributed by atoms with Gasteiger partial charge < -0.3 is 14.5 Å². The van der Waals surface area contributed by atoms with Gasteiger partial charge in [-0.15, -0.1) is 5.10 Å². The summed E-state index contributed by atoms with van der Waals surface area (Å²) < 4.78 is 14.2. The van der Waals surface area contributed by atoms with E-state index in [0.717, 1.165) is 11.5 Å². The van der Waals surface area contributed by atoms with Crippen molar-refractivity contribution in [1.29, 1.82) is 0 Å². The summed E-state index contributed by atoms with van der Waals surface area (Å²) in [4.78, 5) is 12.4. The van der Waals surface area contributed by atoms with Gasteiger partial charge in [0.1, 0.15) is 16.7 Å². The lowest BCUT2D eigenvalue weighted by atomic mass is 10.2. The number of aryl methyl sites for hydroxylation is 1. The van der Waals surface area contributed by atoms with Crippen molar-refractivity contribution in [2.45, 2.75) is 13.0 Å². The maximum absolute atomic E-state index is 11.8. The second-order valence-electron chi connectivity index (χ2n) is 3.64. The minimum Gasteiger partial charge on any atom is -0.467 e. The fraction of sp³-hybridized carbons (Fsp3) is 0.364. The van der Waals surface area contributed by atoms with Gasteiger partial charge in [0.05, 0.1) is 18.5 Å². The van der Waals surface area contributed by atoms with E-state index < -0.39 is 0 Å². The molecule has 0 saturated heterocycles. The number of nitrogens with one attached hydrogen (secondary N) is 1. The number of ether oxygens (including phenoxy) is 1. The third kappa shape index (κ3) is 2.74. The third-order valence-corrected chi connectivity index (χ3v) is 3.28. The molecule has 0 radical (unpaired) electrons. The van der Waals surface area contributed by atoms with Crippen LogP contribution in [0.15, 0.2) is 22.8 Å². The summed E-state index contributed by atoms with van der Waals surface area (Å²) in [5, 5.41) is 6.56. The van der Waals surface area contributed by atoms with Crippen LogP contribution in [0, 0.1) is 6.92 Å². The molecule has 1 N–H and O–H groups in total. The van der Waals surface area contributed by atoms with Gasteiger partial charge in [-0.3, -0.25) is 4.79 Å². The molecule has 96 valence electrons. The fourth-order valence-corrected chi connectivity index (χ4v) is 2.05. The summed E-state index contributed by atoms with van der Waals surface area (Å²) in [5.74, 6) is 0.480. The lowest BCUT2D eigenvalue weighted by molar-refractivity contribution is 0.0740. The molecule has 2 aromatic rings. The molecular weight excluding hydrogens is 254 g/mol. The molecule has 0 bridgehead atoms. The quantitative estimate of drug-likeness (QED) is 0.889. The van der Waals surface area contributed by atoms with E-state index in [1.54, 1.807) is 32.4 Å². The summed E-state index contributed by atoms with van der Waals surface area (Å²) in [6.45, 7) is 2.08. The van der Waals surface area contributed by atoms with Crippen LogP contribution in [0.2, 0.25) is 0 Å². The maximum Gasteiger partial charge on any atom is 0.265 e. The van der Waals surface area contributed by atoms with Gasteiger partial charge in [-0.2, -0.15) is 0 Å². The summed E-state index contributed by atoms with van der Waals surface area (Å²) >= 11 is 1.08. The number of aromatic nitrogens is 2. The van der Waals surface area contributed by atoms with Gasteiger partial charge >= 0.3 is 0 Å². The molecular formula is C11H13N3O3S. The molecule has 2 rings (SSSR count). The Morgan fingerprint density at radius 2 is 2.50 bits per heavy atom. The Morgan fingerprint density at radius 1 is 1.67 bits per heavy atom. The van der Waals surface area contributed by atoms with Crippen LogP contribution in [-0.2, 0) is 4.74 Å². The molecule has 0 fully saturated rings. The van der Waals surface area contributed by atoms with Crippen LogP contribution < -0.4 is 5.32 Å². The minimum atomic E-state index is -0.301. The van der Waals surface area contributed by atoms with Gasteiger partial charge in [0.2, 0.25) is 0 Å². The number of carbonyl (C=O) groups excluding carboxylic acids is 1. The van der Waals surface area contributed by atoms with Crippen LogP contribution in [0.25, 0.3) is 0 Å². The van der Waals surface area contributed by atoms with E-state index >= 15 is 0 Å². The second kappa shape index (κ2) is 5.74. The predicted octanol–water partition coefficient (Wildman–Crippen LogP) is 1.56. The first-order valence-electron chi connectivity index (χ1n) is 5.35. The highest BCUT2D eigenvalue weighted by atomic mass is 32.1. The molecule has 0 spiro atoms. The first-order chi connectivity index (χ1) is 8.72. The van der Waals surface area contributed by atoms with Crippen molar-refractivity contribution >= 4 is 17.4 Å². The number of amides is 1. The zero-order valence-electron chi connectivity index (χ0n) is 10.0. The number of furan rings is 1. The van der Waals surface area contributed by atoms with Crippen molar-refractivity contribution in [1.82, 2.24) is 14.9 Å². The van der Waals surface area contributed by atoms with Gasteiger partial charge in [-0.05, 0) is 30.6 Å². The molecule has 2 heterocycles. The average Bonchev–Trinajstić information content (AvgIpc) is 3.01. The van der Waals surface area contributed by atoms with E-state index in [4.69, 9.17) is 9.15 Å². The van der Waals surface area contributed by atoms with Crippen LogP contribution in [0.4, 0.5) is 0 Å². The molecule has 18 heavy (non-hydrogen) atoms. The van der Waals surface area contributed by atoms with Crippen molar-refractivity contribution in [2.24, 2.45) is 0 Å². The fourth-order valence-electron chi connectivity index (χ4n) is 1.48. The number of hydrogen-bond acceptors (Lipinski definition) is 6. The zero-order valence-corrected chi connectivity index (χ0v) is 10.9. The SMILES string of the molecule is CO[C@H](CNC(=O)c1snnc1C)c1ccco1. The molecule has 0 aromatic carbocycles. The molecule has 2 aromatic heterocycles. The molecule has 6 nitrogen and oxygen atoms in total. The minimum absolute atomic E-state index is 0.198. The van der Waals surface area contributed by atoms with E-state index in [1.165, 1.54) is 0 Å². The van der Waals surface area contributed by atoms with Crippen molar-refractivity contribution in [3.63, 3.8) is 0 Å². The Morgan fingerprint density at radius 3 is 3.06 bits per heavy atom. The molecule has 0 aliphatic rings. The monoisotopic (exact) mass is 267 g/mol. The Balaban J connectivity index is 1.95. The summed E-state index contributed by atoms with van der Waals surface area (Å²) in [7, 11) is 1.57. The summed E-state index contributed by atoms with van der Waals surface area (Å²) in [6.07, 6.45) is 1.27. The Labute approximate surface area is 108 Å². The molecule has 1 amide bonds.